The van der Waals surface area contributed by atoms with Crippen LogP contribution in [0.3, 0.4) is 0 Å². The number of benzene rings is 1. The van der Waals surface area contributed by atoms with E-state index in [0.717, 1.165) is 29.5 Å². The van der Waals surface area contributed by atoms with Crippen molar-refractivity contribution < 1.29 is 4.39 Å². The second-order valence-corrected chi connectivity index (χ2v) is 6.83. The minimum atomic E-state index is -0.0568. The molecule has 0 aromatic heterocycles. The van der Waals surface area contributed by atoms with Crippen LogP contribution in [0, 0.1) is 11.7 Å². The van der Waals surface area contributed by atoms with E-state index in [1.165, 1.54) is 25.7 Å². The van der Waals surface area contributed by atoms with Crippen molar-refractivity contribution in [2.24, 2.45) is 5.92 Å². The third kappa shape index (κ3) is 4.22. The van der Waals surface area contributed by atoms with Crippen LogP contribution in [-0.2, 0) is 6.54 Å². The standard InChI is InChI=1S/C16H24FNS/c1-3-18-11-13-7-5-9-15(17)16(13)19-14-8-4-6-12(2)10-14/h5,7,9,12,14,18H,3-4,6,8,10-11H2,1-2H3. The summed E-state index contributed by atoms with van der Waals surface area (Å²) in [6.07, 6.45) is 5.07. The molecular weight excluding hydrogens is 257 g/mol. The summed E-state index contributed by atoms with van der Waals surface area (Å²) in [6, 6.07) is 5.44. The van der Waals surface area contributed by atoms with Crippen LogP contribution >= 0.6 is 11.8 Å². The molecule has 0 amide bonds. The lowest BCUT2D eigenvalue weighted by molar-refractivity contribution is 0.394. The molecule has 1 aromatic rings. The van der Waals surface area contributed by atoms with E-state index in [9.17, 15) is 4.39 Å². The highest BCUT2D eigenvalue weighted by Gasteiger charge is 2.22. The van der Waals surface area contributed by atoms with Gasteiger partial charge in [0.1, 0.15) is 5.82 Å². The van der Waals surface area contributed by atoms with Crippen molar-refractivity contribution in [3.63, 3.8) is 0 Å². The van der Waals surface area contributed by atoms with Crippen molar-refractivity contribution in [3.8, 4) is 0 Å². The average Bonchev–Trinajstić information content (AvgIpc) is 2.39. The van der Waals surface area contributed by atoms with E-state index < -0.39 is 0 Å². The summed E-state index contributed by atoms with van der Waals surface area (Å²) in [5, 5.41) is 3.88. The van der Waals surface area contributed by atoms with Gasteiger partial charge in [-0.3, -0.25) is 0 Å². The number of halogens is 1. The predicted octanol–water partition coefficient (Wildman–Crippen LogP) is 4.61. The van der Waals surface area contributed by atoms with Gasteiger partial charge in [-0.25, -0.2) is 4.39 Å². The molecule has 1 aliphatic rings. The first-order valence-corrected chi connectivity index (χ1v) is 8.23. The Bertz CT molecular complexity index is 408. The largest absolute Gasteiger partial charge is 0.313 e. The summed E-state index contributed by atoms with van der Waals surface area (Å²) in [4.78, 5) is 0.863. The van der Waals surface area contributed by atoms with E-state index in [2.05, 4.69) is 19.2 Å². The highest BCUT2D eigenvalue weighted by Crippen LogP contribution is 2.38. The third-order valence-electron chi connectivity index (χ3n) is 3.79. The lowest BCUT2D eigenvalue weighted by Crippen LogP contribution is -2.17. The van der Waals surface area contributed by atoms with Crippen LogP contribution in [0.2, 0.25) is 0 Å². The van der Waals surface area contributed by atoms with Gasteiger partial charge in [0.2, 0.25) is 0 Å². The molecule has 0 radical (unpaired) electrons. The number of thioether (sulfide) groups is 1. The molecule has 106 valence electrons. The van der Waals surface area contributed by atoms with Crippen LogP contribution < -0.4 is 5.32 Å². The van der Waals surface area contributed by atoms with Gasteiger partial charge in [0.15, 0.2) is 0 Å². The average molecular weight is 281 g/mol. The van der Waals surface area contributed by atoms with Crippen molar-refractivity contribution in [2.45, 2.75) is 56.2 Å². The number of hydrogen-bond acceptors (Lipinski definition) is 2. The maximum absolute atomic E-state index is 14.1. The Morgan fingerprint density at radius 1 is 1.37 bits per heavy atom. The summed E-state index contributed by atoms with van der Waals surface area (Å²) in [5.41, 5.74) is 1.10. The monoisotopic (exact) mass is 281 g/mol. The molecule has 2 atom stereocenters. The molecule has 0 saturated heterocycles. The van der Waals surface area contributed by atoms with Crippen LogP contribution in [0.1, 0.15) is 45.1 Å². The minimum absolute atomic E-state index is 0.0568. The summed E-state index contributed by atoms with van der Waals surface area (Å²) < 4.78 is 14.1. The third-order valence-corrected chi connectivity index (χ3v) is 5.24. The smallest absolute Gasteiger partial charge is 0.137 e. The first-order chi connectivity index (χ1) is 9.20. The Kier molecular flexibility index (Phi) is 5.71. The normalized spacial score (nSPS) is 23.5. The van der Waals surface area contributed by atoms with Crippen molar-refractivity contribution >= 4 is 11.8 Å². The molecule has 1 aliphatic carbocycles. The van der Waals surface area contributed by atoms with Gasteiger partial charge in [0.05, 0.1) is 0 Å². The van der Waals surface area contributed by atoms with E-state index >= 15 is 0 Å². The SMILES string of the molecule is CCNCc1cccc(F)c1SC1CCCC(C)C1. The van der Waals surface area contributed by atoms with E-state index in [4.69, 9.17) is 0 Å². The highest BCUT2D eigenvalue weighted by molar-refractivity contribution is 8.00. The summed E-state index contributed by atoms with van der Waals surface area (Å²) >= 11 is 1.76. The molecule has 1 nitrogen and oxygen atoms in total. The molecule has 0 spiro atoms. The maximum atomic E-state index is 14.1. The molecule has 1 N–H and O–H groups in total. The topological polar surface area (TPSA) is 12.0 Å². The van der Waals surface area contributed by atoms with Gasteiger partial charge in [0.25, 0.3) is 0 Å². The zero-order valence-electron chi connectivity index (χ0n) is 11.9. The van der Waals surface area contributed by atoms with Gasteiger partial charge in [0, 0.05) is 16.7 Å². The van der Waals surface area contributed by atoms with Crippen LogP contribution in [0.5, 0.6) is 0 Å². The van der Waals surface area contributed by atoms with Crippen molar-refractivity contribution in [3.05, 3.63) is 29.6 Å². The minimum Gasteiger partial charge on any atom is -0.313 e. The van der Waals surface area contributed by atoms with Crippen molar-refractivity contribution in [1.82, 2.24) is 5.32 Å². The Labute approximate surface area is 120 Å². The van der Waals surface area contributed by atoms with Gasteiger partial charge < -0.3 is 5.32 Å². The first kappa shape index (κ1) is 14.9. The number of rotatable bonds is 5. The van der Waals surface area contributed by atoms with Gasteiger partial charge in [-0.1, -0.05) is 38.8 Å². The second kappa shape index (κ2) is 7.30. The Morgan fingerprint density at radius 3 is 2.95 bits per heavy atom. The summed E-state index contributed by atoms with van der Waals surface area (Å²) in [5.74, 6) is 0.730. The van der Waals surface area contributed by atoms with Gasteiger partial charge in [-0.15, -0.1) is 11.8 Å². The molecule has 3 heteroatoms. The van der Waals surface area contributed by atoms with Crippen molar-refractivity contribution in [1.29, 1.82) is 0 Å². The van der Waals surface area contributed by atoms with Gasteiger partial charge >= 0.3 is 0 Å². The second-order valence-electron chi connectivity index (χ2n) is 5.52. The number of hydrogen-bond donors (Lipinski definition) is 1. The van der Waals surface area contributed by atoms with E-state index in [1.807, 2.05) is 12.1 Å². The van der Waals surface area contributed by atoms with Crippen molar-refractivity contribution in [2.75, 3.05) is 6.54 Å². The van der Waals surface area contributed by atoms with Crippen LogP contribution in [0.4, 0.5) is 4.39 Å². The fourth-order valence-corrected chi connectivity index (χ4v) is 4.25. The van der Waals surface area contributed by atoms with Gasteiger partial charge in [-0.2, -0.15) is 0 Å². The Morgan fingerprint density at radius 2 is 2.21 bits per heavy atom. The molecule has 1 saturated carbocycles. The molecule has 0 aliphatic heterocycles. The van der Waals surface area contributed by atoms with Crippen LogP contribution in [-0.4, -0.2) is 11.8 Å². The molecule has 0 heterocycles. The van der Waals surface area contributed by atoms with E-state index in [0.29, 0.717) is 5.25 Å². The van der Waals surface area contributed by atoms with E-state index in [1.54, 1.807) is 17.8 Å². The van der Waals surface area contributed by atoms with E-state index in [-0.39, 0.29) is 5.82 Å². The molecule has 2 rings (SSSR count). The predicted molar refractivity (Wildman–Crippen MR) is 81.1 cm³/mol. The molecule has 1 fully saturated rings. The Balaban J connectivity index is 2.09. The summed E-state index contributed by atoms with van der Waals surface area (Å²) in [7, 11) is 0. The van der Waals surface area contributed by atoms with Gasteiger partial charge in [-0.05, 0) is 36.9 Å². The molecular formula is C16H24FNS. The molecule has 19 heavy (non-hydrogen) atoms. The quantitative estimate of drug-likeness (QED) is 0.846. The summed E-state index contributed by atoms with van der Waals surface area (Å²) in [6.45, 7) is 6.07. The lowest BCUT2D eigenvalue weighted by atomic mass is 9.91. The number of nitrogens with one attached hydrogen (secondary N) is 1. The molecule has 1 aromatic carbocycles. The molecule has 0 bridgehead atoms. The molecule has 2 unspecified atom stereocenters. The Hall–Kier alpha value is -0.540. The maximum Gasteiger partial charge on any atom is 0.137 e. The first-order valence-electron chi connectivity index (χ1n) is 7.35. The zero-order chi connectivity index (χ0) is 13.7. The fourth-order valence-electron chi connectivity index (χ4n) is 2.74. The fraction of sp³-hybridized carbons (Fsp3) is 0.625. The van der Waals surface area contributed by atoms with Crippen LogP contribution in [0.15, 0.2) is 23.1 Å². The lowest BCUT2D eigenvalue weighted by Gasteiger charge is -2.27. The van der Waals surface area contributed by atoms with Crippen LogP contribution in [0.25, 0.3) is 0 Å². The zero-order valence-corrected chi connectivity index (χ0v) is 12.7. The highest BCUT2D eigenvalue weighted by atomic mass is 32.2.